The van der Waals surface area contributed by atoms with Gasteiger partial charge in [0.2, 0.25) is 0 Å². The smallest absolute Gasteiger partial charge is 0.183 e. The van der Waals surface area contributed by atoms with Crippen LogP contribution < -0.4 is 0 Å². The summed E-state index contributed by atoms with van der Waals surface area (Å²) in [6.45, 7) is 2.23. The zero-order valence-corrected chi connectivity index (χ0v) is 7.53. The molecule has 0 aliphatic heterocycles. The number of aromatic hydroxyl groups is 1. The number of carbonyl (C=O) groups excluding carboxylic acids is 1. The number of nitrogens with zero attached hydrogens (tertiary/aromatic N) is 2. The predicted molar refractivity (Wildman–Crippen MR) is 46.6 cm³/mol. The molecule has 0 saturated heterocycles. The third kappa shape index (κ3) is 1.71. The summed E-state index contributed by atoms with van der Waals surface area (Å²) in [5.41, 5.74) is 0.181. The molecular formula is C9H12N2O2. The lowest BCUT2D eigenvalue weighted by Gasteiger charge is -1.95. The first kappa shape index (κ1) is 8.29. The molecule has 4 heteroatoms. The molecule has 0 aromatic carbocycles. The van der Waals surface area contributed by atoms with Crippen LogP contribution in [-0.2, 0) is 6.54 Å². The Morgan fingerprint density at radius 3 is 2.92 bits per heavy atom. The van der Waals surface area contributed by atoms with Gasteiger partial charge in [0.05, 0.1) is 6.20 Å². The summed E-state index contributed by atoms with van der Waals surface area (Å²) in [5, 5.41) is 13.3. The SMILES string of the molecule is CC(=O)c1nn(CC2CC2)cc1O. The Morgan fingerprint density at radius 2 is 2.46 bits per heavy atom. The Bertz CT molecular complexity index is 339. The number of ketones is 1. The fraction of sp³-hybridized carbons (Fsp3) is 0.556. The number of aromatic nitrogens is 2. The van der Waals surface area contributed by atoms with Gasteiger partial charge in [-0.15, -0.1) is 0 Å². The Morgan fingerprint density at radius 1 is 1.77 bits per heavy atom. The lowest BCUT2D eigenvalue weighted by molar-refractivity contribution is 0.101. The van der Waals surface area contributed by atoms with Gasteiger partial charge in [0, 0.05) is 13.5 Å². The minimum atomic E-state index is -0.188. The van der Waals surface area contributed by atoms with Gasteiger partial charge in [-0.05, 0) is 18.8 Å². The van der Waals surface area contributed by atoms with Crippen LogP contribution in [-0.4, -0.2) is 20.7 Å². The van der Waals surface area contributed by atoms with E-state index < -0.39 is 0 Å². The predicted octanol–water partition coefficient (Wildman–Crippen LogP) is 1.20. The second-order valence-electron chi connectivity index (χ2n) is 3.58. The van der Waals surface area contributed by atoms with Crippen LogP contribution in [0.5, 0.6) is 5.75 Å². The summed E-state index contributed by atoms with van der Waals surface area (Å²) in [5.74, 6) is 0.499. The van der Waals surface area contributed by atoms with Gasteiger partial charge in [-0.3, -0.25) is 9.48 Å². The Balaban J connectivity index is 2.18. The van der Waals surface area contributed by atoms with E-state index in [0.29, 0.717) is 5.92 Å². The molecule has 1 saturated carbocycles. The van der Waals surface area contributed by atoms with E-state index >= 15 is 0 Å². The van der Waals surface area contributed by atoms with E-state index in [4.69, 9.17) is 0 Å². The molecular weight excluding hydrogens is 168 g/mol. The monoisotopic (exact) mass is 180 g/mol. The van der Waals surface area contributed by atoms with Crippen molar-refractivity contribution in [2.45, 2.75) is 26.3 Å². The molecule has 2 rings (SSSR count). The summed E-state index contributed by atoms with van der Waals surface area (Å²) in [7, 11) is 0. The number of hydrogen-bond acceptors (Lipinski definition) is 3. The number of carbonyl (C=O) groups is 1. The van der Waals surface area contributed by atoms with Crippen molar-refractivity contribution in [3.8, 4) is 5.75 Å². The second kappa shape index (κ2) is 2.87. The lowest BCUT2D eigenvalue weighted by atomic mass is 10.3. The maximum atomic E-state index is 10.9. The van der Waals surface area contributed by atoms with Gasteiger partial charge in [0.15, 0.2) is 17.2 Å². The quantitative estimate of drug-likeness (QED) is 0.711. The molecule has 0 amide bonds. The van der Waals surface area contributed by atoms with Gasteiger partial charge in [-0.1, -0.05) is 0 Å². The van der Waals surface area contributed by atoms with Crippen molar-refractivity contribution in [2.75, 3.05) is 0 Å². The minimum Gasteiger partial charge on any atom is -0.504 e. The van der Waals surface area contributed by atoms with Crippen molar-refractivity contribution in [2.24, 2.45) is 5.92 Å². The highest BCUT2D eigenvalue weighted by Crippen LogP contribution is 2.31. The standard InChI is InChI=1S/C9H12N2O2/c1-6(12)9-8(13)5-11(10-9)4-7-2-3-7/h5,7,13H,2-4H2,1H3. The zero-order valence-electron chi connectivity index (χ0n) is 7.53. The molecule has 1 heterocycles. The fourth-order valence-electron chi connectivity index (χ4n) is 1.32. The first-order valence-electron chi connectivity index (χ1n) is 4.44. The molecule has 1 aromatic heterocycles. The van der Waals surface area contributed by atoms with Crippen molar-refractivity contribution in [1.82, 2.24) is 9.78 Å². The van der Waals surface area contributed by atoms with Gasteiger partial charge in [-0.2, -0.15) is 5.10 Å². The molecule has 0 unspecified atom stereocenters. The van der Waals surface area contributed by atoms with Crippen LogP contribution in [0.15, 0.2) is 6.20 Å². The summed E-state index contributed by atoms with van der Waals surface area (Å²) in [6.07, 6.45) is 3.99. The van der Waals surface area contributed by atoms with Crippen LogP contribution in [0.25, 0.3) is 0 Å². The molecule has 13 heavy (non-hydrogen) atoms. The molecule has 1 aromatic rings. The maximum Gasteiger partial charge on any atom is 0.183 e. The van der Waals surface area contributed by atoms with E-state index in [0.717, 1.165) is 6.54 Å². The molecule has 0 bridgehead atoms. The van der Waals surface area contributed by atoms with Gasteiger partial charge in [0.1, 0.15) is 0 Å². The van der Waals surface area contributed by atoms with Crippen LogP contribution in [0.2, 0.25) is 0 Å². The van der Waals surface area contributed by atoms with Crippen LogP contribution >= 0.6 is 0 Å². The summed E-state index contributed by atoms with van der Waals surface area (Å²) in [6, 6.07) is 0. The van der Waals surface area contributed by atoms with Crippen LogP contribution in [0.4, 0.5) is 0 Å². The second-order valence-corrected chi connectivity index (χ2v) is 3.58. The Hall–Kier alpha value is -1.32. The van der Waals surface area contributed by atoms with Crippen LogP contribution in [0.3, 0.4) is 0 Å². The van der Waals surface area contributed by atoms with Crippen molar-refractivity contribution in [3.05, 3.63) is 11.9 Å². The molecule has 1 fully saturated rings. The van der Waals surface area contributed by atoms with E-state index in [9.17, 15) is 9.90 Å². The van der Waals surface area contributed by atoms with Crippen molar-refractivity contribution >= 4 is 5.78 Å². The molecule has 0 spiro atoms. The van der Waals surface area contributed by atoms with Gasteiger partial charge in [-0.25, -0.2) is 0 Å². The molecule has 1 aliphatic carbocycles. The molecule has 1 N–H and O–H groups in total. The molecule has 1 aliphatic rings. The average molecular weight is 180 g/mol. The first-order chi connectivity index (χ1) is 6.16. The van der Waals surface area contributed by atoms with E-state index in [1.807, 2.05) is 0 Å². The molecule has 70 valence electrons. The van der Waals surface area contributed by atoms with Crippen LogP contribution in [0.1, 0.15) is 30.3 Å². The fourth-order valence-corrected chi connectivity index (χ4v) is 1.32. The molecule has 4 nitrogen and oxygen atoms in total. The van der Waals surface area contributed by atoms with E-state index in [-0.39, 0.29) is 17.2 Å². The van der Waals surface area contributed by atoms with Crippen molar-refractivity contribution < 1.29 is 9.90 Å². The van der Waals surface area contributed by atoms with Gasteiger partial charge in [0.25, 0.3) is 0 Å². The van der Waals surface area contributed by atoms with E-state index in [1.165, 1.54) is 26.0 Å². The lowest BCUT2D eigenvalue weighted by Crippen LogP contribution is -2.02. The number of hydrogen-bond donors (Lipinski definition) is 1. The van der Waals surface area contributed by atoms with Crippen molar-refractivity contribution in [1.29, 1.82) is 0 Å². The Kier molecular flexibility index (Phi) is 1.83. The highest BCUT2D eigenvalue weighted by Gasteiger charge is 2.23. The normalized spacial score (nSPS) is 16.1. The summed E-state index contributed by atoms with van der Waals surface area (Å²) >= 11 is 0. The molecule has 0 atom stereocenters. The number of rotatable bonds is 3. The van der Waals surface area contributed by atoms with Crippen LogP contribution in [0, 0.1) is 5.92 Å². The van der Waals surface area contributed by atoms with Gasteiger partial charge < -0.3 is 5.11 Å². The van der Waals surface area contributed by atoms with E-state index in [1.54, 1.807) is 4.68 Å². The highest BCUT2D eigenvalue weighted by molar-refractivity contribution is 5.94. The zero-order chi connectivity index (χ0) is 9.42. The maximum absolute atomic E-state index is 10.9. The third-order valence-electron chi connectivity index (χ3n) is 2.22. The summed E-state index contributed by atoms with van der Waals surface area (Å²) < 4.78 is 1.66. The molecule has 0 radical (unpaired) electrons. The highest BCUT2D eigenvalue weighted by atomic mass is 16.3. The average Bonchev–Trinajstić information content (AvgIpc) is 2.75. The topological polar surface area (TPSA) is 55.1 Å². The first-order valence-corrected chi connectivity index (χ1v) is 4.44. The third-order valence-corrected chi connectivity index (χ3v) is 2.22. The minimum absolute atomic E-state index is 0.00634. The van der Waals surface area contributed by atoms with Crippen molar-refractivity contribution in [3.63, 3.8) is 0 Å². The number of Topliss-reactive ketones (excluding diaryl/α,β-unsaturated/α-hetero) is 1. The van der Waals surface area contributed by atoms with Gasteiger partial charge >= 0.3 is 0 Å². The summed E-state index contributed by atoms with van der Waals surface area (Å²) in [4.78, 5) is 10.9. The van der Waals surface area contributed by atoms with E-state index in [2.05, 4.69) is 5.10 Å². The largest absolute Gasteiger partial charge is 0.504 e. The Labute approximate surface area is 76.2 Å².